The van der Waals surface area contributed by atoms with E-state index in [0.29, 0.717) is 45.3 Å². The number of carbonyl (C=O) groups is 2. The average molecular weight is 740 g/mol. The van der Waals surface area contributed by atoms with E-state index in [1.54, 1.807) is 30.3 Å². The number of ether oxygens (including phenoxy) is 6. The number of hydrogen-bond acceptors (Lipinski definition) is 11. The molecule has 0 bridgehead atoms. The number of benzene rings is 3. The summed E-state index contributed by atoms with van der Waals surface area (Å²) in [5.74, 6) is 0.772. The standard InChI is InChI=1S/C37H36Cl2N2O10/c1-36(2,17-31(42)51-20-9-10-24-22(12-20)37(3,4)32-25(40-24)15-23(38)35(43)34(32)39)33-29(49-8)13-21(46-5)14-30(33)50-18-19-11-27(47-6)28(48-7)16-26(19)41(44)45/h9-16H,17-18H2,1-8H3. The number of rotatable bonds is 12. The second kappa shape index (κ2) is 14.3. The summed E-state index contributed by atoms with van der Waals surface area (Å²) in [7, 11) is 5.77. The van der Waals surface area contributed by atoms with Crippen LogP contribution in [0.25, 0.3) is 0 Å². The second-order valence-electron chi connectivity index (χ2n) is 12.9. The predicted octanol–water partition coefficient (Wildman–Crippen LogP) is 8.04. The zero-order valence-electron chi connectivity index (χ0n) is 29.3. The van der Waals surface area contributed by atoms with Gasteiger partial charge in [0, 0.05) is 34.1 Å². The van der Waals surface area contributed by atoms with Gasteiger partial charge < -0.3 is 28.4 Å². The van der Waals surface area contributed by atoms with E-state index >= 15 is 0 Å². The molecule has 0 fully saturated rings. The van der Waals surface area contributed by atoms with Crippen molar-refractivity contribution >= 4 is 52.0 Å². The van der Waals surface area contributed by atoms with Crippen molar-refractivity contribution in [3.63, 3.8) is 0 Å². The summed E-state index contributed by atoms with van der Waals surface area (Å²) >= 11 is 12.6. The van der Waals surface area contributed by atoms with Crippen LogP contribution in [0.5, 0.6) is 34.5 Å². The van der Waals surface area contributed by atoms with Gasteiger partial charge in [0.2, 0.25) is 5.78 Å². The molecule has 51 heavy (non-hydrogen) atoms. The number of methoxy groups -OCH3 is 4. The fraction of sp³-hybridized carbons (Fsp3) is 0.324. The maximum absolute atomic E-state index is 13.6. The van der Waals surface area contributed by atoms with E-state index in [2.05, 4.69) is 4.99 Å². The third-order valence-electron chi connectivity index (χ3n) is 8.82. The molecule has 268 valence electrons. The van der Waals surface area contributed by atoms with Gasteiger partial charge in [-0.15, -0.1) is 0 Å². The quantitative estimate of drug-likeness (QED) is 0.0588. The van der Waals surface area contributed by atoms with Crippen LogP contribution in [0.15, 0.2) is 69.2 Å². The van der Waals surface area contributed by atoms with Gasteiger partial charge in [0.15, 0.2) is 11.5 Å². The highest BCUT2D eigenvalue weighted by atomic mass is 35.5. The SMILES string of the molecule is COc1cc(OC)c(C(C)(C)CC(=O)Oc2ccc3c(c2)C(C)(C)C2=C(Cl)C(=O)C(Cl)=CC2=N3)c(OCc2cc(OC)c(OC)cc2[N+](=O)[O-])c1. The third-order valence-corrected chi connectivity index (χ3v) is 9.46. The van der Waals surface area contributed by atoms with Crippen molar-refractivity contribution in [1.29, 1.82) is 0 Å². The van der Waals surface area contributed by atoms with E-state index in [4.69, 9.17) is 51.6 Å². The maximum atomic E-state index is 13.6. The molecule has 1 aliphatic carbocycles. The van der Waals surface area contributed by atoms with Gasteiger partial charge in [-0.1, -0.05) is 50.9 Å². The summed E-state index contributed by atoms with van der Waals surface area (Å²) < 4.78 is 33.9. The van der Waals surface area contributed by atoms with Crippen LogP contribution in [0.1, 0.15) is 50.8 Å². The summed E-state index contributed by atoms with van der Waals surface area (Å²) in [6.45, 7) is 7.22. The molecule has 0 atom stereocenters. The van der Waals surface area contributed by atoms with Crippen molar-refractivity contribution in [3.8, 4) is 34.5 Å². The molecule has 3 aromatic rings. The fourth-order valence-electron chi connectivity index (χ4n) is 6.31. The molecule has 0 amide bonds. The topological polar surface area (TPSA) is 145 Å². The summed E-state index contributed by atoms with van der Waals surface area (Å²) in [5, 5.41) is 11.9. The van der Waals surface area contributed by atoms with Gasteiger partial charge in [0.05, 0.1) is 72.9 Å². The molecule has 0 spiro atoms. The van der Waals surface area contributed by atoms with Gasteiger partial charge >= 0.3 is 5.97 Å². The number of ketones is 1. The van der Waals surface area contributed by atoms with Gasteiger partial charge in [-0.3, -0.25) is 19.7 Å². The lowest BCUT2D eigenvalue weighted by Crippen LogP contribution is -2.32. The van der Waals surface area contributed by atoms with Crippen LogP contribution in [0.3, 0.4) is 0 Å². The number of nitro benzene ring substituents is 1. The van der Waals surface area contributed by atoms with Crippen LogP contribution in [0.2, 0.25) is 0 Å². The summed E-state index contributed by atoms with van der Waals surface area (Å²) in [6, 6.07) is 11.1. The number of aliphatic imine (C=N–C) groups is 1. The molecule has 0 unspecified atom stereocenters. The van der Waals surface area contributed by atoms with E-state index in [1.807, 2.05) is 27.7 Å². The molecule has 0 radical (unpaired) electrons. The maximum Gasteiger partial charge on any atom is 0.312 e. The van der Waals surface area contributed by atoms with Gasteiger partial charge in [-0.2, -0.15) is 0 Å². The molecular weight excluding hydrogens is 703 g/mol. The van der Waals surface area contributed by atoms with Crippen LogP contribution in [-0.4, -0.2) is 50.8 Å². The minimum Gasteiger partial charge on any atom is -0.496 e. The molecule has 0 saturated carbocycles. The van der Waals surface area contributed by atoms with E-state index in [1.165, 1.54) is 46.6 Å². The number of fused-ring (bicyclic) bond motifs is 2. The van der Waals surface area contributed by atoms with Crippen molar-refractivity contribution in [2.75, 3.05) is 28.4 Å². The largest absolute Gasteiger partial charge is 0.496 e. The number of allylic oxidation sites excluding steroid dienone is 4. The summed E-state index contributed by atoms with van der Waals surface area (Å²) in [6.07, 6.45) is 1.38. The Kier molecular flexibility index (Phi) is 10.4. The predicted molar refractivity (Wildman–Crippen MR) is 192 cm³/mol. The first-order valence-corrected chi connectivity index (χ1v) is 16.4. The van der Waals surface area contributed by atoms with E-state index in [0.717, 1.165) is 0 Å². The molecular formula is C37H36Cl2N2O10. The first kappa shape index (κ1) is 37.2. The van der Waals surface area contributed by atoms with Gasteiger partial charge in [-0.25, -0.2) is 4.99 Å². The Balaban J connectivity index is 1.45. The molecule has 12 nitrogen and oxygen atoms in total. The number of esters is 1. The fourth-order valence-corrected chi connectivity index (χ4v) is 6.99. The molecule has 1 heterocycles. The Morgan fingerprint density at radius 3 is 2.18 bits per heavy atom. The molecule has 0 N–H and O–H groups in total. The van der Waals surface area contributed by atoms with Crippen LogP contribution < -0.4 is 28.4 Å². The zero-order valence-corrected chi connectivity index (χ0v) is 30.8. The van der Waals surface area contributed by atoms with Crippen molar-refractivity contribution in [2.24, 2.45) is 4.99 Å². The molecule has 14 heteroatoms. The number of halogens is 2. The van der Waals surface area contributed by atoms with Crippen molar-refractivity contribution < 1.29 is 42.9 Å². The van der Waals surface area contributed by atoms with Gasteiger partial charge in [0.25, 0.3) is 5.69 Å². The highest BCUT2D eigenvalue weighted by molar-refractivity contribution is 6.58. The normalized spacial score (nSPS) is 14.8. The van der Waals surface area contributed by atoms with Crippen molar-refractivity contribution in [2.45, 2.75) is 51.6 Å². The lowest BCUT2D eigenvalue weighted by molar-refractivity contribution is -0.385. The van der Waals surface area contributed by atoms with Crippen LogP contribution in [0, 0.1) is 10.1 Å². The second-order valence-corrected chi connectivity index (χ2v) is 13.7. The first-order valence-electron chi connectivity index (χ1n) is 15.6. The Hall–Kier alpha value is -5.07. The average Bonchev–Trinajstić information content (AvgIpc) is 3.08. The van der Waals surface area contributed by atoms with Crippen LogP contribution in [-0.2, 0) is 27.0 Å². The third kappa shape index (κ3) is 7.11. The Bertz CT molecular complexity index is 2050. The van der Waals surface area contributed by atoms with E-state index in [9.17, 15) is 19.7 Å². The smallest absolute Gasteiger partial charge is 0.312 e. The molecule has 0 aromatic heterocycles. The summed E-state index contributed by atoms with van der Waals surface area (Å²) in [4.78, 5) is 42.3. The minimum absolute atomic E-state index is 0.00626. The van der Waals surface area contributed by atoms with Gasteiger partial charge in [0.1, 0.15) is 29.6 Å². The number of nitrogens with zero attached hydrogens (tertiary/aromatic N) is 2. The number of Topliss-reactive ketones (excluding diaryl/α,β-unsaturated/α-hetero) is 1. The molecule has 0 saturated heterocycles. The van der Waals surface area contributed by atoms with Gasteiger partial charge in [-0.05, 0) is 35.9 Å². The number of nitro groups is 1. The Morgan fingerprint density at radius 2 is 1.55 bits per heavy atom. The molecule has 3 aromatic carbocycles. The van der Waals surface area contributed by atoms with Crippen LogP contribution >= 0.6 is 23.2 Å². The highest BCUT2D eigenvalue weighted by Crippen LogP contribution is 2.49. The highest BCUT2D eigenvalue weighted by Gasteiger charge is 2.41. The Morgan fingerprint density at radius 1 is 0.902 bits per heavy atom. The monoisotopic (exact) mass is 738 g/mol. The van der Waals surface area contributed by atoms with E-state index < -0.39 is 27.5 Å². The lowest BCUT2D eigenvalue weighted by atomic mass is 9.71. The first-order chi connectivity index (χ1) is 24.1. The molecule has 1 aliphatic heterocycles. The Labute approximate surface area is 304 Å². The van der Waals surface area contributed by atoms with E-state index in [-0.39, 0.29) is 51.6 Å². The molecule has 2 aliphatic rings. The lowest BCUT2D eigenvalue weighted by Gasteiger charge is -2.36. The zero-order chi connectivity index (χ0) is 37.4. The molecule has 5 rings (SSSR count). The minimum atomic E-state index is -0.952. The number of carbonyl (C=O) groups excluding carboxylic acids is 2. The van der Waals surface area contributed by atoms with Crippen molar-refractivity contribution in [1.82, 2.24) is 0 Å². The van der Waals surface area contributed by atoms with Crippen LogP contribution in [0.4, 0.5) is 11.4 Å². The number of hydrogen-bond donors (Lipinski definition) is 0. The summed E-state index contributed by atoms with van der Waals surface area (Å²) in [5.41, 5.74) is 1.16. The van der Waals surface area contributed by atoms with Crippen molar-refractivity contribution in [3.05, 3.63) is 91.0 Å².